The zero-order chi connectivity index (χ0) is 24.5. The fourth-order valence-corrected chi connectivity index (χ4v) is 4.88. The lowest BCUT2D eigenvalue weighted by Gasteiger charge is -2.40. The molecule has 0 unspecified atom stereocenters. The second kappa shape index (κ2) is 9.33. The Hall–Kier alpha value is -4.00. The van der Waals surface area contributed by atoms with Crippen LogP contribution in [-0.2, 0) is 0 Å². The van der Waals surface area contributed by atoms with E-state index in [0.29, 0.717) is 42.4 Å². The van der Waals surface area contributed by atoms with Crippen molar-refractivity contribution in [3.63, 3.8) is 0 Å². The monoisotopic (exact) mass is 471 g/mol. The van der Waals surface area contributed by atoms with Crippen LogP contribution in [0.25, 0.3) is 11.1 Å². The van der Waals surface area contributed by atoms with Crippen molar-refractivity contribution in [1.29, 1.82) is 0 Å². The maximum atomic E-state index is 13.7. The highest BCUT2D eigenvalue weighted by atomic mass is 16.5. The Morgan fingerprint density at radius 2 is 1.74 bits per heavy atom. The summed E-state index contributed by atoms with van der Waals surface area (Å²) in [5.41, 5.74) is 2.99. The number of carbonyl (C=O) groups excluding carboxylic acids is 2. The third-order valence-corrected chi connectivity index (χ3v) is 6.85. The first kappa shape index (κ1) is 22.8. The Kier molecular flexibility index (Phi) is 6.07. The van der Waals surface area contributed by atoms with Gasteiger partial charge >= 0.3 is 0 Å². The number of nitrogens with zero attached hydrogens (tertiary/aromatic N) is 3. The molecule has 1 saturated heterocycles. The number of amides is 2. The zero-order valence-electron chi connectivity index (χ0n) is 20.2. The number of fused-ring (bicyclic) bond motifs is 1. The van der Waals surface area contributed by atoms with E-state index in [4.69, 9.17) is 9.15 Å². The number of carbonyl (C=O) groups is 2. The van der Waals surface area contributed by atoms with Crippen LogP contribution in [0.5, 0.6) is 5.75 Å². The van der Waals surface area contributed by atoms with Crippen molar-refractivity contribution < 1.29 is 18.7 Å². The second-order valence-corrected chi connectivity index (χ2v) is 8.99. The lowest BCUT2D eigenvalue weighted by atomic mass is 10.1. The first-order chi connectivity index (χ1) is 17.0. The van der Waals surface area contributed by atoms with Crippen molar-refractivity contribution >= 4 is 22.9 Å². The molecule has 2 amide bonds. The van der Waals surface area contributed by atoms with Crippen LogP contribution >= 0.6 is 0 Å². The molecule has 35 heavy (non-hydrogen) atoms. The van der Waals surface area contributed by atoms with Crippen LogP contribution in [0.2, 0.25) is 0 Å². The number of ether oxygens (including phenoxy) is 1. The molecule has 1 aliphatic heterocycles. The van der Waals surface area contributed by atoms with E-state index in [1.165, 1.54) is 0 Å². The molecule has 3 heterocycles. The van der Waals surface area contributed by atoms with Gasteiger partial charge in [-0.2, -0.15) is 0 Å². The molecular formula is C28H29N3O4. The number of rotatable bonds is 5. The number of benzene rings is 2. The van der Waals surface area contributed by atoms with E-state index in [0.717, 1.165) is 10.9 Å². The summed E-state index contributed by atoms with van der Waals surface area (Å²) in [6, 6.07) is 20.8. The Labute approximate surface area is 204 Å². The summed E-state index contributed by atoms with van der Waals surface area (Å²) in [5.74, 6) is 0.622. The number of aromatic nitrogens is 1. The van der Waals surface area contributed by atoms with Gasteiger partial charge in [0, 0.05) is 36.6 Å². The van der Waals surface area contributed by atoms with Gasteiger partial charge in [-0.1, -0.05) is 30.3 Å². The minimum atomic E-state index is -0.111. The molecule has 0 spiro atoms. The smallest absolute Gasteiger partial charge is 0.270 e. The first-order valence-electron chi connectivity index (χ1n) is 11.9. The lowest BCUT2D eigenvalue weighted by molar-refractivity contribution is 0.0409. The molecule has 7 nitrogen and oxygen atoms in total. The van der Waals surface area contributed by atoms with Crippen LogP contribution in [-0.4, -0.2) is 59.0 Å². The molecule has 5 rings (SSSR count). The highest BCUT2D eigenvalue weighted by Gasteiger charge is 2.33. The van der Waals surface area contributed by atoms with E-state index in [1.807, 2.05) is 51.6 Å². The fraction of sp³-hybridized carbons (Fsp3) is 0.286. The molecular weight excluding hydrogens is 442 g/mol. The molecule has 7 heteroatoms. The molecule has 2 aromatic carbocycles. The maximum Gasteiger partial charge on any atom is 0.270 e. The summed E-state index contributed by atoms with van der Waals surface area (Å²) in [7, 11) is 1.60. The van der Waals surface area contributed by atoms with Crippen LogP contribution in [0, 0.1) is 0 Å². The molecule has 180 valence electrons. The van der Waals surface area contributed by atoms with Crippen molar-refractivity contribution in [2.45, 2.75) is 25.9 Å². The van der Waals surface area contributed by atoms with Gasteiger partial charge in [0.15, 0.2) is 0 Å². The minimum Gasteiger partial charge on any atom is -0.497 e. The molecule has 0 N–H and O–H groups in total. The van der Waals surface area contributed by atoms with Gasteiger partial charge in [-0.25, -0.2) is 0 Å². The van der Waals surface area contributed by atoms with Crippen LogP contribution in [0.3, 0.4) is 0 Å². The summed E-state index contributed by atoms with van der Waals surface area (Å²) in [6.45, 7) is 5.47. The van der Waals surface area contributed by atoms with E-state index in [9.17, 15) is 9.59 Å². The molecule has 0 bridgehead atoms. The number of methoxy groups -OCH3 is 1. The molecule has 0 radical (unpaired) electrons. The Morgan fingerprint density at radius 1 is 1.00 bits per heavy atom. The Morgan fingerprint density at radius 3 is 2.43 bits per heavy atom. The number of piperazine rings is 1. The highest BCUT2D eigenvalue weighted by molar-refractivity contribution is 5.98. The van der Waals surface area contributed by atoms with Crippen molar-refractivity contribution in [3.05, 3.63) is 89.8 Å². The molecule has 1 aliphatic rings. The van der Waals surface area contributed by atoms with E-state index in [2.05, 4.69) is 19.1 Å². The first-order valence-corrected chi connectivity index (χ1v) is 11.9. The van der Waals surface area contributed by atoms with Gasteiger partial charge < -0.3 is 19.0 Å². The normalized spacial score (nSPS) is 16.9. The van der Waals surface area contributed by atoms with E-state index >= 15 is 0 Å². The van der Waals surface area contributed by atoms with Crippen LogP contribution in [0.1, 0.15) is 46.3 Å². The van der Waals surface area contributed by atoms with Gasteiger partial charge in [-0.3, -0.25) is 14.2 Å². The molecule has 0 aliphatic carbocycles. The lowest BCUT2D eigenvalue weighted by Crippen LogP contribution is -2.55. The number of furan rings is 1. The van der Waals surface area contributed by atoms with E-state index in [-0.39, 0.29) is 23.9 Å². The van der Waals surface area contributed by atoms with Crippen LogP contribution in [0.15, 0.2) is 77.4 Å². The molecule has 2 atom stereocenters. The van der Waals surface area contributed by atoms with Crippen LogP contribution < -0.4 is 4.74 Å². The zero-order valence-corrected chi connectivity index (χ0v) is 20.2. The summed E-state index contributed by atoms with van der Waals surface area (Å²) in [4.78, 5) is 30.5. The van der Waals surface area contributed by atoms with E-state index < -0.39 is 0 Å². The van der Waals surface area contributed by atoms with Gasteiger partial charge in [0.2, 0.25) is 5.71 Å². The summed E-state index contributed by atoms with van der Waals surface area (Å²) in [6.07, 6.45) is 1.65. The number of hydrogen-bond acceptors (Lipinski definition) is 4. The minimum absolute atomic E-state index is 0.0363. The van der Waals surface area contributed by atoms with Gasteiger partial charge in [-0.05, 0) is 55.8 Å². The fourth-order valence-electron chi connectivity index (χ4n) is 4.88. The molecule has 1 fully saturated rings. The highest BCUT2D eigenvalue weighted by Crippen LogP contribution is 2.30. The Balaban J connectivity index is 1.37. The molecule has 4 aromatic rings. The molecule has 0 saturated carbocycles. The van der Waals surface area contributed by atoms with Crippen molar-refractivity contribution in [2.24, 2.45) is 0 Å². The van der Waals surface area contributed by atoms with E-state index in [1.54, 1.807) is 37.6 Å². The van der Waals surface area contributed by atoms with Gasteiger partial charge in [0.05, 0.1) is 19.4 Å². The molecule has 2 aromatic heterocycles. The van der Waals surface area contributed by atoms with Crippen molar-refractivity contribution in [2.75, 3.05) is 26.7 Å². The second-order valence-electron chi connectivity index (χ2n) is 8.99. The van der Waals surface area contributed by atoms with Crippen molar-refractivity contribution in [3.8, 4) is 5.75 Å². The average Bonchev–Trinajstić information content (AvgIpc) is 3.49. The van der Waals surface area contributed by atoms with Gasteiger partial charge in [0.25, 0.3) is 11.8 Å². The topological polar surface area (TPSA) is 67.9 Å². The van der Waals surface area contributed by atoms with Crippen LogP contribution in [0.4, 0.5) is 0 Å². The largest absolute Gasteiger partial charge is 0.497 e. The predicted octanol–water partition coefficient (Wildman–Crippen LogP) is 4.84. The Bertz CT molecular complexity index is 1340. The summed E-state index contributed by atoms with van der Waals surface area (Å²) < 4.78 is 12.9. The van der Waals surface area contributed by atoms with Gasteiger partial charge in [-0.15, -0.1) is 0 Å². The standard InChI is InChI=1S/C28H29N3O4/c1-19-18-29(14-15-30(19)26(32)22-9-11-24(34-3)12-10-22)27(33)25-17-23-13-16-35-28(23)31(25)20(2)21-7-5-4-6-8-21/h4-13,16-17,19-20H,14-15,18H2,1-3H3/t19-,20+/m1/s1. The maximum absolute atomic E-state index is 13.7. The van der Waals surface area contributed by atoms with Gasteiger partial charge in [0.1, 0.15) is 11.4 Å². The summed E-state index contributed by atoms with van der Waals surface area (Å²) >= 11 is 0. The number of hydrogen-bond donors (Lipinski definition) is 0. The summed E-state index contributed by atoms with van der Waals surface area (Å²) in [5, 5.41) is 0.900. The average molecular weight is 472 g/mol. The van der Waals surface area contributed by atoms with Crippen molar-refractivity contribution in [1.82, 2.24) is 14.4 Å². The third kappa shape index (κ3) is 4.18. The third-order valence-electron chi connectivity index (χ3n) is 6.85. The SMILES string of the molecule is COc1ccc(C(=O)N2CCN(C(=O)c3cc4ccoc4n3[C@@H](C)c3ccccc3)C[C@H]2C)cc1. The quantitative estimate of drug-likeness (QED) is 0.418. The predicted molar refractivity (Wildman–Crippen MR) is 134 cm³/mol.